The Kier molecular flexibility index (Phi) is 3.57. The van der Waals surface area contributed by atoms with Gasteiger partial charge in [0.25, 0.3) is 5.91 Å². The first-order valence-electron chi connectivity index (χ1n) is 6.94. The minimum Gasteiger partial charge on any atom is -0.384 e. The molecular weight excluding hydrogens is 236 g/mol. The summed E-state index contributed by atoms with van der Waals surface area (Å²) in [4.78, 5) is 14.4. The zero-order chi connectivity index (χ0) is 14.2. The predicted octanol–water partition coefficient (Wildman–Crippen LogP) is 3.16. The van der Waals surface area contributed by atoms with Crippen LogP contribution < -0.4 is 5.32 Å². The molecule has 1 heterocycles. The number of amides is 1. The summed E-state index contributed by atoms with van der Waals surface area (Å²) in [6.45, 7) is 9.56. The molecule has 0 aliphatic carbocycles. The molecule has 0 fully saturated rings. The van der Waals surface area contributed by atoms with E-state index in [0.717, 1.165) is 18.5 Å². The molecule has 1 aliphatic heterocycles. The van der Waals surface area contributed by atoms with Gasteiger partial charge >= 0.3 is 0 Å². The molecule has 1 atom stereocenters. The molecule has 19 heavy (non-hydrogen) atoms. The highest BCUT2D eigenvalue weighted by Gasteiger charge is 2.28. The van der Waals surface area contributed by atoms with Crippen LogP contribution in [0.4, 0.5) is 5.69 Å². The van der Waals surface area contributed by atoms with Crippen molar-refractivity contribution in [2.45, 2.75) is 40.2 Å². The first kappa shape index (κ1) is 13.9. The Morgan fingerprint density at radius 1 is 1.37 bits per heavy atom. The van der Waals surface area contributed by atoms with Gasteiger partial charge < -0.3 is 10.2 Å². The second-order valence-electron chi connectivity index (χ2n) is 6.51. The van der Waals surface area contributed by atoms with Crippen LogP contribution >= 0.6 is 0 Å². The van der Waals surface area contributed by atoms with Gasteiger partial charge in [0.1, 0.15) is 0 Å². The summed E-state index contributed by atoms with van der Waals surface area (Å²) in [5.74, 6) is 0.108. The van der Waals surface area contributed by atoms with Gasteiger partial charge in [-0.15, -0.1) is 0 Å². The van der Waals surface area contributed by atoms with Crippen LogP contribution in [0.3, 0.4) is 0 Å². The molecule has 1 aromatic carbocycles. The van der Waals surface area contributed by atoms with Crippen LogP contribution in [0.5, 0.6) is 0 Å². The van der Waals surface area contributed by atoms with Crippen molar-refractivity contribution in [2.75, 3.05) is 18.9 Å². The Balaban J connectivity index is 2.20. The summed E-state index contributed by atoms with van der Waals surface area (Å²) < 4.78 is 0. The number of hydrogen-bond acceptors (Lipinski definition) is 2. The van der Waals surface area contributed by atoms with Gasteiger partial charge in [0.2, 0.25) is 0 Å². The van der Waals surface area contributed by atoms with E-state index in [4.69, 9.17) is 0 Å². The van der Waals surface area contributed by atoms with E-state index in [-0.39, 0.29) is 17.4 Å². The number of fused-ring (bicyclic) bond motifs is 1. The molecule has 0 aromatic heterocycles. The molecule has 0 spiro atoms. The lowest BCUT2D eigenvalue weighted by Crippen LogP contribution is -2.42. The SMILES string of the molecule is C[C@H](N(C)C(=O)c1ccc2c(c1)CCN2)C(C)(C)C. The Morgan fingerprint density at radius 2 is 2.05 bits per heavy atom. The van der Waals surface area contributed by atoms with Crippen LogP contribution in [-0.4, -0.2) is 30.4 Å². The second kappa shape index (κ2) is 4.87. The van der Waals surface area contributed by atoms with Crippen molar-refractivity contribution < 1.29 is 4.79 Å². The lowest BCUT2D eigenvalue weighted by molar-refractivity contribution is 0.0629. The molecule has 0 radical (unpaired) electrons. The van der Waals surface area contributed by atoms with Crippen molar-refractivity contribution in [3.63, 3.8) is 0 Å². The van der Waals surface area contributed by atoms with Crippen LogP contribution in [0.2, 0.25) is 0 Å². The van der Waals surface area contributed by atoms with Gasteiger partial charge in [0, 0.05) is 30.9 Å². The van der Waals surface area contributed by atoms with Gasteiger partial charge in [-0.3, -0.25) is 4.79 Å². The van der Waals surface area contributed by atoms with E-state index in [1.54, 1.807) is 0 Å². The van der Waals surface area contributed by atoms with E-state index in [0.29, 0.717) is 0 Å². The van der Waals surface area contributed by atoms with Crippen LogP contribution in [0.15, 0.2) is 18.2 Å². The standard InChI is InChI=1S/C16H24N2O/c1-11(16(2,3)4)18(5)15(19)13-6-7-14-12(10-13)8-9-17-14/h6-7,10-11,17H,8-9H2,1-5H3/t11-/m0/s1. The van der Waals surface area contributed by atoms with E-state index >= 15 is 0 Å². The molecule has 0 saturated carbocycles. The van der Waals surface area contributed by atoms with E-state index < -0.39 is 0 Å². The maximum Gasteiger partial charge on any atom is 0.253 e. The van der Waals surface area contributed by atoms with Crippen molar-refractivity contribution >= 4 is 11.6 Å². The first-order chi connectivity index (χ1) is 8.80. The summed E-state index contributed by atoms with van der Waals surface area (Å²) in [6.07, 6.45) is 1.01. The van der Waals surface area contributed by atoms with Crippen LogP contribution in [-0.2, 0) is 6.42 Å². The molecule has 1 amide bonds. The molecule has 3 heteroatoms. The molecule has 0 saturated heterocycles. The molecule has 1 aromatic rings. The molecule has 104 valence electrons. The summed E-state index contributed by atoms with van der Waals surface area (Å²) in [5.41, 5.74) is 3.30. The largest absolute Gasteiger partial charge is 0.384 e. The lowest BCUT2D eigenvalue weighted by atomic mass is 9.87. The average Bonchev–Trinajstić information content (AvgIpc) is 2.82. The second-order valence-corrected chi connectivity index (χ2v) is 6.51. The molecule has 0 unspecified atom stereocenters. The fourth-order valence-corrected chi connectivity index (χ4v) is 2.40. The van der Waals surface area contributed by atoms with E-state index in [1.165, 1.54) is 11.3 Å². The third-order valence-corrected chi connectivity index (χ3v) is 4.22. The van der Waals surface area contributed by atoms with Crippen molar-refractivity contribution in [1.82, 2.24) is 4.90 Å². The predicted molar refractivity (Wildman–Crippen MR) is 79.6 cm³/mol. The lowest BCUT2D eigenvalue weighted by Gasteiger charge is -2.35. The van der Waals surface area contributed by atoms with Gasteiger partial charge in [0.15, 0.2) is 0 Å². The first-order valence-corrected chi connectivity index (χ1v) is 6.94. The molecule has 1 aliphatic rings. The summed E-state index contributed by atoms with van der Waals surface area (Å²) in [5, 5.41) is 3.32. The fourth-order valence-electron chi connectivity index (χ4n) is 2.40. The highest BCUT2D eigenvalue weighted by molar-refractivity contribution is 5.95. The molecule has 2 rings (SSSR count). The van der Waals surface area contributed by atoms with Crippen molar-refractivity contribution in [1.29, 1.82) is 0 Å². The third-order valence-electron chi connectivity index (χ3n) is 4.22. The van der Waals surface area contributed by atoms with Crippen molar-refractivity contribution in [2.24, 2.45) is 5.41 Å². The Labute approximate surface area is 116 Å². The number of carbonyl (C=O) groups excluding carboxylic acids is 1. The van der Waals surface area contributed by atoms with Crippen LogP contribution in [0.1, 0.15) is 43.6 Å². The Hall–Kier alpha value is -1.51. The molecule has 0 bridgehead atoms. The zero-order valence-electron chi connectivity index (χ0n) is 12.6. The Bertz CT molecular complexity index is 488. The summed E-state index contributed by atoms with van der Waals surface area (Å²) >= 11 is 0. The van der Waals surface area contributed by atoms with E-state index in [2.05, 4.69) is 33.0 Å². The van der Waals surface area contributed by atoms with Gasteiger partial charge in [-0.25, -0.2) is 0 Å². The van der Waals surface area contributed by atoms with E-state index in [9.17, 15) is 4.79 Å². The maximum absolute atomic E-state index is 12.5. The number of nitrogens with one attached hydrogen (secondary N) is 1. The Morgan fingerprint density at radius 3 is 2.68 bits per heavy atom. The number of benzene rings is 1. The quantitative estimate of drug-likeness (QED) is 0.886. The highest BCUT2D eigenvalue weighted by Crippen LogP contribution is 2.26. The average molecular weight is 260 g/mol. The van der Waals surface area contributed by atoms with Crippen LogP contribution in [0.25, 0.3) is 0 Å². The monoisotopic (exact) mass is 260 g/mol. The van der Waals surface area contributed by atoms with E-state index in [1.807, 2.05) is 30.1 Å². The van der Waals surface area contributed by atoms with Gasteiger partial charge in [-0.2, -0.15) is 0 Å². The summed E-state index contributed by atoms with van der Waals surface area (Å²) in [7, 11) is 1.89. The number of carbonyl (C=O) groups is 1. The smallest absolute Gasteiger partial charge is 0.253 e. The fraction of sp³-hybridized carbons (Fsp3) is 0.562. The van der Waals surface area contributed by atoms with Gasteiger partial charge in [-0.1, -0.05) is 20.8 Å². The minimum atomic E-state index is 0.0860. The summed E-state index contributed by atoms with van der Waals surface area (Å²) in [6, 6.07) is 6.17. The number of hydrogen-bond donors (Lipinski definition) is 1. The topological polar surface area (TPSA) is 32.3 Å². The number of nitrogens with zero attached hydrogens (tertiary/aromatic N) is 1. The number of rotatable bonds is 2. The highest BCUT2D eigenvalue weighted by atomic mass is 16.2. The van der Waals surface area contributed by atoms with Crippen LogP contribution in [0, 0.1) is 5.41 Å². The maximum atomic E-state index is 12.5. The minimum absolute atomic E-state index is 0.0860. The zero-order valence-corrected chi connectivity index (χ0v) is 12.6. The van der Waals surface area contributed by atoms with Gasteiger partial charge in [0.05, 0.1) is 0 Å². The van der Waals surface area contributed by atoms with Crippen molar-refractivity contribution in [3.8, 4) is 0 Å². The third kappa shape index (κ3) is 2.75. The van der Waals surface area contributed by atoms with Crippen molar-refractivity contribution in [3.05, 3.63) is 29.3 Å². The van der Waals surface area contributed by atoms with Gasteiger partial charge in [-0.05, 0) is 42.5 Å². The molecular formula is C16H24N2O. The molecule has 3 nitrogen and oxygen atoms in total. The number of anilines is 1. The normalized spacial score (nSPS) is 15.6. The molecule has 1 N–H and O–H groups in total.